The second-order valence-corrected chi connectivity index (χ2v) is 4.45. The maximum Gasteiger partial charge on any atom is 0.326 e. The predicted molar refractivity (Wildman–Crippen MR) is 70.3 cm³/mol. The Morgan fingerprint density at radius 3 is 2.50 bits per heavy atom. The molecule has 1 aliphatic rings. The molecule has 0 aliphatic carbocycles. The number of fused-ring (bicyclic) bond motifs is 1. The molecule has 2 aromatic rings. The number of carbonyl (C=O) groups excluding carboxylic acids is 2. The molecule has 4 nitrogen and oxygen atoms in total. The number of hydrogen-bond acceptors (Lipinski definition) is 4. The number of rotatable bonds is 2. The van der Waals surface area contributed by atoms with Crippen LogP contribution in [-0.2, 0) is 4.79 Å². The Labute approximate surface area is 115 Å². The fourth-order valence-electron chi connectivity index (χ4n) is 2.23. The van der Waals surface area contributed by atoms with Crippen molar-refractivity contribution in [1.82, 2.24) is 0 Å². The Kier molecular flexibility index (Phi) is 2.81. The first kappa shape index (κ1) is 12.1. The number of hydrogen-bond donors (Lipinski definition) is 0. The van der Waals surface area contributed by atoms with Gasteiger partial charge in [0.2, 0.25) is 0 Å². The average molecular weight is 263 g/mol. The van der Waals surface area contributed by atoms with Crippen LogP contribution in [0.15, 0.2) is 48.5 Å². The molecule has 0 aromatic heterocycles. The van der Waals surface area contributed by atoms with Gasteiger partial charge < -0.3 is 4.74 Å². The number of carbonyl (C=O) groups is 2. The standard InChI is InChI=1S/C16H9NO3/c17-9-10-5-7-11(8-6-10)15(18)14-12-3-1-2-4-13(12)20-16(14)19/h1-8,14H. The summed E-state index contributed by atoms with van der Waals surface area (Å²) < 4.78 is 5.09. The van der Waals surface area contributed by atoms with Gasteiger partial charge in [-0.25, -0.2) is 0 Å². The molecule has 0 spiro atoms. The van der Waals surface area contributed by atoms with Crippen molar-refractivity contribution >= 4 is 11.8 Å². The number of Topliss-reactive ketones (excluding diaryl/α,β-unsaturated/α-hetero) is 1. The van der Waals surface area contributed by atoms with Crippen molar-refractivity contribution in [1.29, 1.82) is 5.26 Å². The molecule has 0 bridgehead atoms. The van der Waals surface area contributed by atoms with Gasteiger partial charge in [0.1, 0.15) is 11.7 Å². The second kappa shape index (κ2) is 4.63. The van der Waals surface area contributed by atoms with Gasteiger partial charge in [0, 0.05) is 11.1 Å². The fraction of sp³-hybridized carbons (Fsp3) is 0.0625. The van der Waals surface area contributed by atoms with Gasteiger partial charge in [-0.1, -0.05) is 30.3 Å². The zero-order valence-electron chi connectivity index (χ0n) is 10.4. The van der Waals surface area contributed by atoms with Crippen molar-refractivity contribution in [2.24, 2.45) is 0 Å². The van der Waals surface area contributed by atoms with Crippen LogP contribution in [0.3, 0.4) is 0 Å². The Bertz CT molecular complexity index is 741. The third-order valence-electron chi connectivity index (χ3n) is 3.24. The molecular weight excluding hydrogens is 254 g/mol. The smallest absolute Gasteiger partial charge is 0.326 e. The molecule has 0 saturated heterocycles. The SMILES string of the molecule is N#Cc1ccc(C(=O)C2C(=O)Oc3ccccc32)cc1. The molecule has 0 radical (unpaired) electrons. The van der Waals surface area contributed by atoms with Crippen molar-refractivity contribution in [3.8, 4) is 11.8 Å². The van der Waals surface area contributed by atoms with E-state index in [1.54, 1.807) is 48.5 Å². The maximum absolute atomic E-state index is 12.4. The summed E-state index contributed by atoms with van der Waals surface area (Å²) in [6.07, 6.45) is 0. The largest absolute Gasteiger partial charge is 0.425 e. The summed E-state index contributed by atoms with van der Waals surface area (Å²) in [7, 11) is 0. The van der Waals surface area contributed by atoms with Crippen molar-refractivity contribution in [3.05, 3.63) is 65.2 Å². The predicted octanol–water partition coefficient (Wildman–Crippen LogP) is 2.44. The minimum absolute atomic E-state index is 0.315. The van der Waals surface area contributed by atoms with Crippen LogP contribution in [0.5, 0.6) is 5.75 Å². The molecule has 1 unspecified atom stereocenters. The molecule has 1 heterocycles. The highest BCUT2D eigenvalue weighted by Gasteiger charge is 2.38. The van der Waals surface area contributed by atoms with Crippen LogP contribution in [-0.4, -0.2) is 11.8 Å². The van der Waals surface area contributed by atoms with Crippen LogP contribution in [0.2, 0.25) is 0 Å². The summed E-state index contributed by atoms with van der Waals surface area (Å²) in [6.45, 7) is 0. The van der Waals surface area contributed by atoms with Crippen LogP contribution in [0.1, 0.15) is 27.4 Å². The molecular formula is C16H9NO3. The van der Waals surface area contributed by atoms with Crippen molar-refractivity contribution in [2.75, 3.05) is 0 Å². The number of ketones is 1. The summed E-state index contributed by atoms with van der Waals surface area (Å²) in [5.74, 6) is -1.35. The molecule has 0 amide bonds. The topological polar surface area (TPSA) is 67.2 Å². The van der Waals surface area contributed by atoms with Crippen LogP contribution in [0, 0.1) is 11.3 Å². The van der Waals surface area contributed by atoms with E-state index in [0.29, 0.717) is 22.4 Å². The van der Waals surface area contributed by atoms with Gasteiger partial charge in [-0.2, -0.15) is 5.26 Å². The summed E-state index contributed by atoms with van der Waals surface area (Å²) >= 11 is 0. The Balaban J connectivity index is 1.98. The zero-order valence-corrected chi connectivity index (χ0v) is 10.4. The fourth-order valence-corrected chi connectivity index (χ4v) is 2.23. The van der Waals surface area contributed by atoms with E-state index in [0.717, 1.165) is 0 Å². The average Bonchev–Trinajstić information content (AvgIpc) is 2.82. The van der Waals surface area contributed by atoms with E-state index >= 15 is 0 Å². The molecule has 2 aromatic carbocycles. The van der Waals surface area contributed by atoms with Crippen LogP contribution in [0.25, 0.3) is 0 Å². The molecule has 4 heteroatoms. The summed E-state index contributed by atoms with van der Waals surface area (Å²) in [5.41, 5.74) is 1.45. The first-order valence-corrected chi connectivity index (χ1v) is 6.05. The van der Waals surface area contributed by atoms with Crippen LogP contribution >= 0.6 is 0 Å². The summed E-state index contributed by atoms with van der Waals surface area (Å²) in [6, 6.07) is 15.1. The van der Waals surface area contributed by atoms with Gasteiger partial charge in [0.15, 0.2) is 5.78 Å². The van der Waals surface area contributed by atoms with E-state index in [9.17, 15) is 9.59 Å². The Morgan fingerprint density at radius 2 is 1.80 bits per heavy atom. The minimum atomic E-state index is -0.917. The lowest BCUT2D eigenvalue weighted by molar-refractivity contribution is -0.132. The quantitative estimate of drug-likeness (QED) is 0.361. The number of nitriles is 1. The number of ether oxygens (including phenoxy) is 1. The highest BCUT2D eigenvalue weighted by molar-refractivity contribution is 6.15. The van der Waals surface area contributed by atoms with Crippen LogP contribution < -0.4 is 4.74 Å². The molecule has 0 fully saturated rings. The lowest BCUT2D eigenvalue weighted by atomic mass is 9.91. The van der Waals surface area contributed by atoms with E-state index < -0.39 is 11.9 Å². The highest BCUT2D eigenvalue weighted by atomic mass is 16.5. The van der Waals surface area contributed by atoms with Gasteiger partial charge in [0.05, 0.1) is 11.6 Å². The third-order valence-corrected chi connectivity index (χ3v) is 3.24. The van der Waals surface area contributed by atoms with Gasteiger partial charge in [-0.05, 0) is 18.2 Å². The molecule has 3 rings (SSSR count). The molecule has 0 N–H and O–H groups in total. The van der Waals surface area contributed by atoms with Crippen molar-refractivity contribution in [2.45, 2.75) is 5.92 Å². The second-order valence-electron chi connectivity index (χ2n) is 4.45. The summed E-state index contributed by atoms with van der Waals surface area (Å²) in [4.78, 5) is 24.3. The van der Waals surface area contributed by atoms with E-state index in [1.165, 1.54) is 0 Å². The summed E-state index contributed by atoms with van der Waals surface area (Å²) in [5, 5.41) is 8.74. The van der Waals surface area contributed by atoms with E-state index in [-0.39, 0.29) is 5.78 Å². The van der Waals surface area contributed by atoms with E-state index in [1.807, 2.05) is 6.07 Å². The highest BCUT2D eigenvalue weighted by Crippen LogP contribution is 2.36. The maximum atomic E-state index is 12.4. The number of benzene rings is 2. The number of esters is 1. The van der Waals surface area contributed by atoms with E-state index in [4.69, 9.17) is 10.00 Å². The molecule has 20 heavy (non-hydrogen) atoms. The van der Waals surface area contributed by atoms with Crippen molar-refractivity contribution < 1.29 is 14.3 Å². The zero-order chi connectivity index (χ0) is 14.1. The lowest BCUT2D eigenvalue weighted by Gasteiger charge is -2.06. The molecule has 96 valence electrons. The van der Waals surface area contributed by atoms with Gasteiger partial charge in [-0.3, -0.25) is 9.59 Å². The lowest BCUT2D eigenvalue weighted by Crippen LogP contribution is -2.20. The number of para-hydroxylation sites is 1. The monoisotopic (exact) mass is 263 g/mol. The van der Waals surface area contributed by atoms with Gasteiger partial charge in [0.25, 0.3) is 0 Å². The first-order valence-electron chi connectivity index (χ1n) is 6.05. The normalized spacial score (nSPS) is 16.1. The Morgan fingerprint density at radius 1 is 1.10 bits per heavy atom. The number of nitrogens with zero attached hydrogens (tertiary/aromatic N) is 1. The van der Waals surface area contributed by atoms with E-state index in [2.05, 4.69) is 0 Å². The molecule has 1 atom stereocenters. The molecule has 0 saturated carbocycles. The van der Waals surface area contributed by atoms with Crippen LogP contribution in [0.4, 0.5) is 0 Å². The Hall–Kier alpha value is -2.93. The molecule has 1 aliphatic heterocycles. The van der Waals surface area contributed by atoms with Gasteiger partial charge in [-0.15, -0.1) is 0 Å². The van der Waals surface area contributed by atoms with Gasteiger partial charge >= 0.3 is 5.97 Å². The minimum Gasteiger partial charge on any atom is -0.425 e. The van der Waals surface area contributed by atoms with Crippen molar-refractivity contribution in [3.63, 3.8) is 0 Å². The third kappa shape index (κ3) is 1.86. The first-order chi connectivity index (χ1) is 9.70.